The quantitative estimate of drug-likeness (QED) is 0.811. The van der Waals surface area contributed by atoms with Gasteiger partial charge in [0.1, 0.15) is 0 Å². The maximum atomic E-state index is 12.4. The van der Waals surface area contributed by atoms with Crippen LogP contribution in [0.4, 0.5) is 0 Å². The fourth-order valence-corrected chi connectivity index (χ4v) is 2.93. The van der Waals surface area contributed by atoms with Gasteiger partial charge in [-0.1, -0.05) is 19.3 Å². The molecule has 0 bridgehead atoms. The Labute approximate surface area is 128 Å². The molecule has 21 heavy (non-hydrogen) atoms. The summed E-state index contributed by atoms with van der Waals surface area (Å²) in [6, 6.07) is 0. The molecule has 0 saturated heterocycles. The van der Waals surface area contributed by atoms with Gasteiger partial charge in [0.05, 0.1) is 6.54 Å². The monoisotopic (exact) mass is 297 g/mol. The van der Waals surface area contributed by atoms with Crippen LogP contribution in [0.3, 0.4) is 0 Å². The minimum atomic E-state index is -0.267. The molecule has 0 aliphatic heterocycles. The summed E-state index contributed by atoms with van der Waals surface area (Å²) < 4.78 is 0. The van der Waals surface area contributed by atoms with E-state index in [4.69, 9.17) is 0 Å². The number of likely N-dealkylation sites (N-methyl/N-ethyl adjacent to an activating group) is 1. The molecule has 1 aliphatic carbocycles. The molecule has 1 fully saturated rings. The number of amides is 2. The van der Waals surface area contributed by atoms with Gasteiger partial charge >= 0.3 is 0 Å². The smallest absolute Gasteiger partial charge is 0.240 e. The third-order valence-electron chi connectivity index (χ3n) is 4.15. The molecule has 0 atom stereocenters. The summed E-state index contributed by atoms with van der Waals surface area (Å²) in [5, 5.41) is 6.23. The molecule has 0 unspecified atom stereocenters. The average Bonchev–Trinajstić information content (AvgIpc) is 2.37. The van der Waals surface area contributed by atoms with Crippen LogP contribution in [-0.4, -0.2) is 48.4 Å². The fourth-order valence-electron chi connectivity index (χ4n) is 2.93. The summed E-state index contributed by atoms with van der Waals surface area (Å²) >= 11 is 0. The van der Waals surface area contributed by atoms with Crippen LogP contribution >= 0.6 is 0 Å². The van der Waals surface area contributed by atoms with Gasteiger partial charge in [-0.05, 0) is 40.7 Å². The maximum absolute atomic E-state index is 12.4. The predicted octanol–water partition coefficient (Wildman–Crippen LogP) is 1.67. The second-order valence-corrected chi connectivity index (χ2v) is 7.32. The highest BCUT2D eigenvalue weighted by molar-refractivity contribution is 5.85. The van der Waals surface area contributed by atoms with E-state index < -0.39 is 0 Å². The van der Waals surface area contributed by atoms with Crippen LogP contribution in [0.2, 0.25) is 0 Å². The SMILES string of the molecule is CNC1(CC(=O)N(C)CC(=O)NC(C)(C)C)CCCCC1. The Balaban J connectivity index is 2.52. The van der Waals surface area contributed by atoms with Crippen LogP contribution in [0.5, 0.6) is 0 Å². The van der Waals surface area contributed by atoms with Crippen molar-refractivity contribution in [2.75, 3.05) is 20.6 Å². The normalized spacial score (nSPS) is 18.1. The van der Waals surface area contributed by atoms with Crippen LogP contribution in [0.1, 0.15) is 59.3 Å². The van der Waals surface area contributed by atoms with Crippen molar-refractivity contribution in [3.05, 3.63) is 0 Å². The van der Waals surface area contributed by atoms with Gasteiger partial charge in [0.25, 0.3) is 0 Å². The lowest BCUT2D eigenvalue weighted by molar-refractivity contribution is -0.136. The number of carbonyl (C=O) groups is 2. The van der Waals surface area contributed by atoms with Crippen molar-refractivity contribution in [2.45, 2.75) is 70.4 Å². The number of hydrogen-bond donors (Lipinski definition) is 2. The summed E-state index contributed by atoms with van der Waals surface area (Å²) in [7, 11) is 3.64. The first-order valence-electron chi connectivity index (χ1n) is 7.91. The first-order valence-corrected chi connectivity index (χ1v) is 7.91. The molecule has 0 radical (unpaired) electrons. The van der Waals surface area contributed by atoms with Crippen LogP contribution in [0.25, 0.3) is 0 Å². The number of carbonyl (C=O) groups excluding carboxylic acids is 2. The molecule has 2 N–H and O–H groups in total. The second kappa shape index (κ2) is 7.25. The number of nitrogens with zero attached hydrogens (tertiary/aromatic N) is 1. The van der Waals surface area contributed by atoms with E-state index in [0.29, 0.717) is 6.42 Å². The molecule has 0 spiro atoms. The lowest BCUT2D eigenvalue weighted by Gasteiger charge is -2.37. The molecule has 0 heterocycles. The van der Waals surface area contributed by atoms with Crippen molar-refractivity contribution in [1.82, 2.24) is 15.5 Å². The fraction of sp³-hybridized carbons (Fsp3) is 0.875. The van der Waals surface area contributed by atoms with E-state index in [1.165, 1.54) is 24.2 Å². The Morgan fingerprint density at radius 1 is 1.14 bits per heavy atom. The third-order valence-corrected chi connectivity index (χ3v) is 4.15. The van der Waals surface area contributed by atoms with Crippen molar-refractivity contribution >= 4 is 11.8 Å². The molecule has 1 aliphatic rings. The van der Waals surface area contributed by atoms with Gasteiger partial charge in [-0.3, -0.25) is 9.59 Å². The minimum Gasteiger partial charge on any atom is -0.350 e. The lowest BCUT2D eigenvalue weighted by atomic mass is 9.79. The van der Waals surface area contributed by atoms with Crippen LogP contribution in [0.15, 0.2) is 0 Å². The van der Waals surface area contributed by atoms with Crippen molar-refractivity contribution in [2.24, 2.45) is 0 Å². The lowest BCUT2D eigenvalue weighted by Crippen LogP contribution is -2.50. The summed E-state index contributed by atoms with van der Waals surface area (Å²) in [6.07, 6.45) is 6.14. The molecule has 0 aromatic rings. The Morgan fingerprint density at radius 3 is 2.19 bits per heavy atom. The molecule has 1 rings (SSSR count). The molecule has 2 amide bonds. The Kier molecular flexibility index (Phi) is 6.20. The van der Waals surface area contributed by atoms with E-state index in [2.05, 4.69) is 10.6 Å². The number of hydrogen-bond acceptors (Lipinski definition) is 3. The Hall–Kier alpha value is -1.10. The minimum absolute atomic E-state index is 0.0373. The zero-order valence-corrected chi connectivity index (χ0v) is 14.2. The van der Waals surface area contributed by atoms with Gasteiger partial charge in [-0.25, -0.2) is 0 Å². The first-order chi connectivity index (χ1) is 9.67. The van der Waals surface area contributed by atoms with Gasteiger partial charge in [0.2, 0.25) is 11.8 Å². The van der Waals surface area contributed by atoms with E-state index in [0.717, 1.165) is 12.8 Å². The molecule has 5 nitrogen and oxygen atoms in total. The van der Waals surface area contributed by atoms with Crippen molar-refractivity contribution < 1.29 is 9.59 Å². The summed E-state index contributed by atoms with van der Waals surface area (Å²) in [6.45, 7) is 5.93. The van der Waals surface area contributed by atoms with E-state index in [1.807, 2.05) is 27.8 Å². The summed E-state index contributed by atoms with van der Waals surface area (Å²) in [5.74, 6) is -0.0733. The molecule has 5 heteroatoms. The zero-order chi connectivity index (χ0) is 16.1. The first kappa shape index (κ1) is 18.0. The van der Waals surface area contributed by atoms with Crippen molar-refractivity contribution in [3.63, 3.8) is 0 Å². The Morgan fingerprint density at radius 2 is 1.71 bits per heavy atom. The largest absolute Gasteiger partial charge is 0.350 e. The average molecular weight is 297 g/mol. The maximum Gasteiger partial charge on any atom is 0.240 e. The summed E-state index contributed by atoms with van der Waals surface area (Å²) in [4.78, 5) is 25.8. The molecular formula is C16H31N3O2. The zero-order valence-electron chi connectivity index (χ0n) is 14.2. The van der Waals surface area contributed by atoms with E-state index >= 15 is 0 Å². The van der Waals surface area contributed by atoms with Gasteiger partial charge in [0.15, 0.2) is 0 Å². The highest BCUT2D eigenvalue weighted by Gasteiger charge is 2.33. The molecule has 0 aromatic carbocycles. The highest BCUT2D eigenvalue weighted by Crippen LogP contribution is 2.31. The summed E-state index contributed by atoms with van der Waals surface area (Å²) in [5.41, 5.74) is -0.347. The molecule has 0 aromatic heterocycles. The van der Waals surface area contributed by atoms with Crippen LogP contribution in [-0.2, 0) is 9.59 Å². The number of rotatable bonds is 5. The second-order valence-electron chi connectivity index (χ2n) is 7.32. The van der Waals surface area contributed by atoms with Crippen molar-refractivity contribution in [1.29, 1.82) is 0 Å². The van der Waals surface area contributed by atoms with Crippen LogP contribution in [0, 0.1) is 0 Å². The van der Waals surface area contributed by atoms with Crippen LogP contribution < -0.4 is 10.6 Å². The van der Waals surface area contributed by atoms with Gasteiger partial charge in [0, 0.05) is 24.5 Å². The van der Waals surface area contributed by atoms with Gasteiger partial charge < -0.3 is 15.5 Å². The topological polar surface area (TPSA) is 61.4 Å². The van der Waals surface area contributed by atoms with E-state index in [1.54, 1.807) is 7.05 Å². The standard InChI is InChI=1S/C16H31N3O2/c1-15(2,3)18-13(20)12-19(5)14(21)11-16(17-4)9-7-6-8-10-16/h17H,6-12H2,1-5H3,(H,18,20). The molecule has 1 saturated carbocycles. The Bertz CT molecular complexity index is 368. The molecular weight excluding hydrogens is 266 g/mol. The van der Waals surface area contributed by atoms with Crippen molar-refractivity contribution in [3.8, 4) is 0 Å². The van der Waals surface area contributed by atoms with E-state index in [-0.39, 0.29) is 29.4 Å². The van der Waals surface area contributed by atoms with Gasteiger partial charge in [-0.2, -0.15) is 0 Å². The predicted molar refractivity (Wildman–Crippen MR) is 85.0 cm³/mol. The highest BCUT2D eigenvalue weighted by atomic mass is 16.2. The van der Waals surface area contributed by atoms with E-state index in [9.17, 15) is 9.59 Å². The van der Waals surface area contributed by atoms with Gasteiger partial charge in [-0.15, -0.1) is 0 Å². The third kappa shape index (κ3) is 6.04. The number of nitrogens with one attached hydrogen (secondary N) is 2. The molecule has 122 valence electrons.